The Morgan fingerprint density at radius 3 is 2.79 bits per heavy atom. The van der Waals surface area contributed by atoms with Gasteiger partial charge >= 0.3 is 0 Å². The highest BCUT2D eigenvalue weighted by Gasteiger charge is 2.30. The summed E-state index contributed by atoms with van der Waals surface area (Å²) in [7, 11) is 0. The van der Waals surface area contributed by atoms with Crippen molar-refractivity contribution >= 4 is 17.4 Å². The number of hydrogen-bond donors (Lipinski definition) is 0. The van der Waals surface area contributed by atoms with Crippen molar-refractivity contribution in [3.63, 3.8) is 0 Å². The fourth-order valence-corrected chi connectivity index (χ4v) is 3.88. The van der Waals surface area contributed by atoms with E-state index in [2.05, 4.69) is 25.0 Å². The largest absolute Gasteiger partial charge is 0.356 e. The van der Waals surface area contributed by atoms with Gasteiger partial charge in [0.05, 0.1) is 5.92 Å². The molecule has 0 bridgehead atoms. The summed E-state index contributed by atoms with van der Waals surface area (Å²) in [5.41, 5.74) is 2.11. The molecular weight excluding hydrogens is 366 g/mol. The van der Waals surface area contributed by atoms with E-state index in [-0.39, 0.29) is 11.8 Å². The molecule has 0 saturated carbocycles. The molecule has 1 amide bonds. The van der Waals surface area contributed by atoms with Crippen molar-refractivity contribution in [2.24, 2.45) is 5.92 Å². The molecule has 1 unspecified atom stereocenters. The van der Waals surface area contributed by atoms with E-state index in [1.165, 1.54) is 12.7 Å². The summed E-state index contributed by atoms with van der Waals surface area (Å²) in [6.45, 7) is 6.25. The normalized spacial score (nSPS) is 16.6. The number of hydrogen-bond acceptors (Lipinski definition) is 6. The maximum atomic E-state index is 13.4. The second-order valence-corrected chi connectivity index (χ2v) is 7.23. The maximum absolute atomic E-state index is 13.4. The smallest absolute Gasteiger partial charge is 0.231 e. The van der Waals surface area contributed by atoms with Crippen LogP contribution < -0.4 is 9.80 Å². The second kappa shape index (κ2) is 8.38. The molecule has 8 heteroatoms. The fraction of sp³-hybridized carbons (Fsp3) is 0.381. The van der Waals surface area contributed by atoms with E-state index in [1.807, 2.05) is 49.1 Å². The number of aryl methyl sites for hydroxylation is 1. The summed E-state index contributed by atoms with van der Waals surface area (Å²) >= 11 is 0. The van der Waals surface area contributed by atoms with Gasteiger partial charge in [-0.25, -0.2) is 19.6 Å². The summed E-state index contributed by atoms with van der Waals surface area (Å²) in [5, 5.41) is 4.13. The van der Waals surface area contributed by atoms with Crippen LogP contribution in [0.3, 0.4) is 0 Å². The lowest BCUT2D eigenvalue weighted by Crippen LogP contribution is -2.45. The molecule has 1 aliphatic rings. The Morgan fingerprint density at radius 2 is 2.03 bits per heavy atom. The van der Waals surface area contributed by atoms with Crippen LogP contribution in [0.15, 0.2) is 49.3 Å². The maximum Gasteiger partial charge on any atom is 0.231 e. The summed E-state index contributed by atoms with van der Waals surface area (Å²) < 4.78 is 1.61. The standard InChI is InChI=1S/C21H25N7O/c1-3-27(18-9-5-4-7-16(18)2)21(29)17-8-6-10-26(12-17)19-11-20(24-14-23-19)28-15-22-13-25-28/h4-5,7,9,11,13-15,17H,3,6,8,10,12H2,1-2H3. The minimum Gasteiger partial charge on any atom is -0.356 e. The first-order valence-electron chi connectivity index (χ1n) is 9.96. The van der Waals surface area contributed by atoms with Crippen LogP contribution >= 0.6 is 0 Å². The minimum absolute atomic E-state index is 0.0620. The highest BCUT2D eigenvalue weighted by molar-refractivity contribution is 5.96. The molecule has 0 radical (unpaired) electrons. The van der Waals surface area contributed by atoms with Gasteiger partial charge in [-0.3, -0.25) is 4.79 Å². The van der Waals surface area contributed by atoms with Crippen LogP contribution in [0.25, 0.3) is 5.82 Å². The van der Waals surface area contributed by atoms with E-state index >= 15 is 0 Å². The third kappa shape index (κ3) is 3.96. The lowest BCUT2D eigenvalue weighted by molar-refractivity contribution is -0.122. The van der Waals surface area contributed by atoms with Gasteiger partial charge in [0, 0.05) is 31.4 Å². The molecule has 1 aliphatic heterocycles. The number of rotatable bonds is 5. The monoisotopic (exact) mass is 391 g/mol. The van der Waals surface area contributed by atoms with Gasteiger partial charge in [0.15, 0.2) is 5.82 Å². The SMILES string of the molecule is CCN(C(=O)C1CCCN(c2cc(-n3cncn3)ncn2)C1)c1ccccc1C. The number of nitrogens with zero attached hydrogens (tertiary/aromatic N) is 7. The first kappa shape index (κ1) is 19.0. The number of carbonyl (C=O) groups is 1. The van der Waals surface area contributed by atoms with Crippen LogP contribution in [0.5, 0.6) is 0 Å². The number of benzene rings is 1. The minimum atomic E-state index is -0.0620. The molecular formula is C21H25N7O. The van der Waals surface area contributed by atoms with Crippen LogP contribution in [0, 0.1) is 12.8 Å². The molecule has 4 rings (SSSR count). The van der Waals surface area contributed by atoms with Gasteiger partial charge in [0.1, 0.15) is 24.8 Å². The zero-order valence-corrected chi connectivity index (χ0v) is 16.8. The van der Waals surface area contributed by atoms with Gasteiger partial charge < -0.3 is 9.80 Å². The summed E-state index contributed by atoms with van der Waals surface area (Å²) in [6, 6.07) is 9.94. The zero-order valence-electron chi connectivity index (χ0n) is 16.8. The van der Waals surface area contributed by atoms with Crippen molar-refractivity contribution in [2.45, 2.75) is 26.7 Å². The van der Waals surface area contributed by atoms with Gasteiger partial charge in [0.2, 0.25) is 5.91 Å². The third-order valence-electron chi connectivity index (χ3n) is 5.37. The molecule has 2 aromatic heterocycles. The van der Waals surface area contributed by atoms with E-state index < -0.39 is 0 Å². The van der Waals surface area contributed by atoms with Gasteiger partial charge in [-0.2, -0.15) is 5.10 Å². The first-order chi connectivity index (χ1) is 14.2. The highest BCUT2D eigenvalue weighted by atomic mass is 16.2. The number of aromatic nitrogens is 5. The number of piperidine rings is 1. The molecule has 0 N–H and O–H groups in total. The molecule has 150 valence electrons. The molecule has 0 spiro atoms. The van der Waals surface area contributed by atoms with Gasteiger partial charge in [-0.05, 0) is 38.3 Å². The van der Waals surface area contributed by atoms with Crippen LogP contribution in [0.2, 0.25) is 0 Å². The molecule has 1 fully saturated rings. The second-order valence-electron chi connectivity index (χ2n) is 7.23. The van der Waals surface area contributed by atoms with Gasteiger partial charge in [-0.15, -0.1) is 0 Å². The molecule has 29 heavy (non-hydrogen) atoms. The number of amides is 1. The van der Waals surface area contributed by atoms with Crippen molar-refractivity contribution in [3.8, 4) is 5.82 Å². The average molecular weight is 391 g/mol. The predicted molar refractivity (Wildman–Crippen MR) is 111 cm³/mol. The quantitative estimate of drug-likeness (QED) is 0.665. The van der Waals surface area contributed by atoms with Crippen LogP contribution in [-0.4, -0.2) is 50.3 Å². The zero-order chi connectivity index (χ0) is 20.2. The van der Waals surface area contributed by atoms with E-state index in [0.29, 0.717) is 18.9 Å². The average Bonchev–Trinajstić information content (AvgIpc) is 3.31. The molecule has 3 aromatic rings. The molecule has 3 heterocycles. The summed E-state index contributed by atoms with van der Waals surface area (Å²) in [4.78, 5) is 30.1. The van der Waals surface area contributed by atoms with E-state index in [1.54, 1.807) is 11.0 Å². The lowest BCUT2D eigenvalue weighted by Gasteiger charge is -2.35. The van der Waals surface area contributed by atoms with Crippen molar-refractivity contribution in [2.75, 3.05) is 29.4 Å². The van der Waals surface area contributed by atoms with Crippen molar-refractivity contribution in [1.29, 1.82) is 0 Å². The third-order valence-corrected chi connectivity index (χ3v) is 5.37. The Kier molecular flexibility index (Phi) is 5.50. The molecule has 8 nitrogen and oxygen atoms in total. The predicted octanol–water partition coefficient (Wildman–Crippen LogP) is 2.64. The first-order valence-corrected chi connectivity index (χ1v) is 9.96. The molecule has 1 aromatic carbocycles. The highest BCUT2D eigenvalue weighted by Crippen LogP contribution is 2.27. The summed E-state index contributed by atoms with van der Waals surface area (Å²) in [5.74, 6) is 1.59. The van der Waals surface area contributed by atoms with Gasteiger partial charge in [0.25, 0.3) is 0 Å². The van der Waals surface area contributed by atoms with Crippen LogP contribution in [-0.2, 0) is 4.79 Å². The molecule has 0 aliphatic carbocycles. The van der Waals surface area contributed by atoms with Crippen LogP contribution in [0.1, 0.15) is 25.3 Å². The summed E-state index contributed by atoms with van der Waals surface area (Å²) in [6.07, 6.45) is 6.45. The number of para-hydroxylation sites is 1. The van der Waals surface area contributed by atoms with Crippen molar-refractivity contribution in [1.82, 2.24) is 24.7 Å². The Hall–Kier alpha value is -3.29. The Balaban J connectivity index is 1.53. The molecule has 1 saturated heterocycles. The van der Waals surface area contributed by atoms with E-state index in [9.17, 15) is 4.79 Å². The Bertz CT molecular complexity index is 973. The Labute approximate surface area is 170 Å². The lowest BCUT2D eigenvalue weighted by atomic mass is 9.96. The topological polar surface area (TPSA) is 80.0 Å². The van der Waals surface area contributed by atoms with Gasteiger partial charge in [-0.1, -0.05) is 18.2 Å². The van der Waals surface area contributed by atoms with Crippen LogP contribution in [0.4, 0.5) is 11.5 Å². The number of carbonyl (C=O) groups excluding carboxylic acids is 1. The fourth-order valence-electron chi connectivity index (χ4n) is 3.88. The van der Waals surface area contributed by atoms with Crippen molar-refractivity contribution in [3.05, 3.63) is 54.9 Å². The van der Waals surface area contributed by atoms with Crippen molar-refractivity contribution < 1.29 is 4.79 Å². The number of anilines is 2. The Morgan fingerprint density at radius 1 is 1.21 bits per heavy atom. The molecule has 1 atom stereocenters. The van der Waals surface area contributed by atoms with E-state index in [0.717, 1.165) is 36.5 Å². The van der Waals surface area contributed by atoms with E-state index in [4.69, 9.17) is 0 Å².